The number of carboxylic acids is 1. The molecule has 2 aliphatic heterocycles. The maximum atomic E-state index is 12.2. The number of aliphatic carboxylic acids is 1. The summed E-state index contributed by atoms with van der Waals surface area (Å²) in [5.41, 5.74) is 0. The number of hydrogen-bond donors (Lipinski definition) is 1. The number of amides is 2. The Balaban J connectivity index is 2.08. The van der Waals surface area contributed by atoms with Crippen LogP contribution in [0.1, 0.15) is 32.6 Å². The highest BCUT2D eigenvalue weighted by atomic mass is 16.4. The normalized spacial score (nSPS) is 30.7. The highest BCUT2D eigenvalue weighted by molar-refractivity contribution is 5.79. The van der Waals surface area contributed by atoms with Crippen LogP contribution in [0.5, 0.6) is 0 Å². The Kier molecular flexibility index (Phi) is 3.26. The van der Waals surface area contributed by atoms with Gasteiger partial charge in [0.05, 0.1) is 5.92 Å². The number of fused-ring (bicyclic) bond motifs is 2. The zero-order valence-electron chi connectivity index (χ0n) is 10.4. The van der Waals surface area contributed by atoms with E-state index in [2.05, 4.69) is 0 Å². The van der Waals surface area contributed by atoms with Crippen molar-refractivity contribution in [2.24, 2.45) is 5.92 Å². The molecule has 3 atom stereocenters. The molecule has 2 heterocycles. The second-order valence-corrected chi connectivity index (χ2v) is 5.09. The first-order valence-corrected chi connectivity index (χ1v) is 6.32. The van der Waals surface area contributed by atoms with E-state index >= 15 is 0 Å². The number of carboxylic acid groups (broad SMARTS) is 1. The Morgan fingerprint density at radius 3 is 2.65 bits per heavy atom. The van der Waals surface area contributed by atoms with Gasteiger partial charge in [-0.05, 0) is 25.7 Å². The summed E-state index contributed by atoms with van der Waals surface area (Å²) in [6.45, 7) is 2.76. The molecule has 0 saturated carbocycles. The largest absolute Gasteiger partial charge is 0.481 e. The Morgan fingerprint density at radius 1 is 1.41 bits per heavy atom. The van der Waals surface area contributed by atoms with Crippen molar-refractivity contribution >= 4 is 12.0 Å². The van der Waals surface area contributed by atoms with Crippen molar-refractivity contribution in [2.75, 3.05) is 13.6 Å². The molecule has 5 heteroatoms. The lowest BCUT2D eigenvalue weighted by Crippen LogP contribution is -2.45. The van der Waals surface area contributed by atoms with Crippen LogP contribution >= 0.6 is 0 Å². The first-order valence-electron chi connectivity index (χ1n) is 6.32. The Labute approximate surface area is 101 Å². The van der Waals surface area contributed by atoms with Gasteiger partial charge in [-0.1, -0.05) is 6.92 Å². The molecule has 2 fully saturated rings. The van der Waals surface area contributed by atoms with Gasteiger partial charge in [-0.3, -0.25) is 4.79 Å². The minimum absolute atomic E-state index is 0.00287. The molecule has 0 aromatic heterocycles. The topological polar surface area (TPSA) is 60.9 Å². The standard InChI is InChI=1S/C12H20N2O3/c1-3-6-13(2)12(17)14-8-4-5-10(14)9(7-8)11(15)16/h8-10H,3-7H2,1-2H3,(H,15,16). The van der Waals surface area contributed by atoms with Gasteiger partial charge in [0.25, 0.3) is 0 Å². The third-order valence-electron chi connectivity index (χ3n) is 3.96. The van der Waals surface area contributed by atoms with Gasteiger partial charge in [0, 0.05) is 25.7 Å². The molecule has 5 nitrogen and oxygen atoms in total. The van der Waals surface area contributed by atoms with Crippen LogP contribution in [-0.2, 0) is 4.79 Å². The Hall–Kier alpha value is -1.26. The third-order valence-corrected chi connectivity index (χ3v) is 3.96. The molecule has 17 heavy (non-hydrogen) atoms. The van der Waals surface area contributed by atoms with Crippen molar-refractivity contribution in [3.8, 4) is 0 Å². The molecule has 2 bridgehead atoms. The summed E-state index contributed by atoms with van der Waals surface area (Å²) in [5, 5.41) is 9.13. The van der Waals surface area contributed by atoms with Crippen molar-refractivity contribution in [1.82, 2.24) is 9.80 Å². The lowest BCUT2D eigenvalue weighted by molar-refractivity contribution is -0.142. The van der Waals surface area contributed by atoms with Crippen molar-refractivity contribution in [3.05, 3.63) is 0 Å². The third kappa shape index (κ3) is 1.98. The summed E-state index contributed by atoms with van der Waals surface area (Å²) in [7, 11) is 1.79. The summed E-state index contributed by atoms with van der Waals surface area (Å²) in [4.78, 5) is 26.8. The molecule has 0 radical (unpaired) electrons. The molecule has 1 N–H and O–H groups in total. The second kappa shape index (κ2) is 4.55. The zero-order chi connectivity index (χ0) is 12.6. The molecule has 96 valence electrons. The second-order valence-electron chi connectivity index (χ2n) is 5.09. The average Bonchev–Trinajstić information content (AvgIpc) is 2.85. The lowest BCUT2D eigenvalue weighted by atomic mass is 9.89. The molecule has 0 aliphatic carbocycles. The number of carbonyl (C=O) groups excluding carboxylic acids is 1. The van der Waals surface area contributed by atoms with Gasteiger partial charge >= 0.3 is 12.0 Å². The van der Waals surface area contributed by atoms with Gasteiger partial charge in [-0.2, -0.15) is 0 Å². The van der Waals surface area contributed by atoms with Crippen molar-refractivity contribution in [3.63, 3.8) is 0 Å². The first kappa shape index (κ1) is 12.2. The SMILES string of the molecule is CCCN(C)C(=O)N1C2CCC1C(C(=O)O)C2. The van der Waals surface area contributed by atoms with E-state index in [4.69, 9.17) is 5.11 Å². The van der Waals surface area contributed by atoms with E-state index in [0.717, 1.165) is 25.8 Å². The lowest BCUT2D eigenvalue weighted by Gasteiger charge is -2.28. The van der Waals surface area contributed by atoms with Crippen molar-refractivity contribution in [2.45, 2.75) is 44.7 Å². The van der Waals surface area contributed by atoms with Crippen LogP contribution in [0.2, 0.25) is 0 Å². The highest BCUT2D eigenvalue weighted by Crippen LogP contribution is 2.42. The van der Waals surface area contributed by atoms with E-state index in [0.29, 0.717) is 6.42 Å². The Bertz CT molecular complexity index is 332. The zero-order valence-corrected chi connectivity index (χ0v) is 10.4. The van der Waals surface area contributed by atoms with Gasteiger partial charge < -0.3 is 14.9 Å². The summed E-state index contributed by atoms with van der Waals surface area (Å²) in [6.07, 6.45) is 3.35. The summed E-state index contributed by atoms with van der Waals surface area (Å²) in [5.74, 6) is -1.11. The minimum Gasteiger partial charge on any atom is -0.481 e. The van der Waals surface area contributed by atoms with Gasteiger partial charge in [-0.25, -0.2) is 4.79 Å². The molecule has 2 saturated heterocycles. The molecule has 2 rings (SSSR count). The van der Waals surface area contributed by atoms with Gasteiger partial charge in [0.1, 0.15) is 0 Å². The predicted molar refractivity (Wildman–Crippen MR) is 62.7 cm³/mol. The van der Waals surface area contributed by atoms with Crippen LogP contribution in [0.4, 0.5) is 4.79 Å². The average molecular weight is 240 g/mol. The number of carbonyl (C=O) groups is 2. The van der Waals surface area contributed by atoms with Crippen LogP contribution in [0.25, 0.3) is 0 Å². The van der Waals surface area contributed by atoms with E-state index in [1.54, 1.807) is 11.9 Å². The van der Waals surface area contributed by atoms with Crippen LogP contribution < -0.4 is 0 Å². The van der Waals surface area contributed by atoms with Gasteiger partial charge in [-0.15, -0.1) is 0 Å². The van der Waals surface area contributed by atoms with Gasteiger partial charge in [0.15, 0.2) is 0 Å². The smallest absolute Gasteiger partial charge is 0.320 e. The molecule has 2 amide bonds. The predicted octanol–water partition coefficient (Wildman–Crippen LogP) is 1.39. The molecular weight excluding hydrogens is 220 g/mol. The van der Waals surface area contributed by atoms with E-state index in [9.17, 15) is 9.59 Å². The molecule has 2 aliphatic rings. The van der Waals surface area contributed by atoms with Gasteiger partial charge in [0.2, 0.25) is 0 Å². The quantitative estimate of drug-likeness (QED) is 0.810. The monoisotopic (exact) mass is 240 g/mol. The van der Waals surface area contributed by atoms with Crippen LogP contribution in [0.15, 0.2) is 0 Å². The van der Waals surface area contributed by atoms with E-state index < -0.39 is 5.97 Å². The molecule has 0 aromatic carbocycles. The summed E-state index contributed by atoms with van der Waals surface area (Å²) >= 11 is 0. The molecule has 0 aromatic rings. The van der Waals surface area contributed by atoms with Crippen LogP contribution in [0, 0.1) is 5.92 Å². The van der Waals surface area contributed by atoms with Crippen molar-refractivity contribution < 1.29 is 14.7 Å². The van der Waals surface area contributed by atoms with Crippen LogP contribution in [0.3, 0.4) is 0 Å². The summed E-state index contributed by atoms with van der Waals surface area (Å²) < 4.78 is 0. The van der Waals surface area contributed by atoms with E-state index in [1.165, 1.54) is 0 Å². The maximum Gasteiger partial charge on any atom is 0.320 e. The number of nitrogens with zero attached hydrogens (tertiary/aromatic N) is 2. The number of hydrogen-bond acceptors (Lipinski definition) is 2. The number of rotatable bonds is 3. The fourth-order valence-corrected chi connectivity index (χ4v) is 3.18. The van der Waals surface area contributed by atoms with E-state index in [-0.39, 0.29) is 24.0 Å². The van der Waals surface area contributed by atoms with E-state index in [1.807, 2.05) is 11.8 Å². The minimum atomic E-state index is -0.756. The first-order chi connectivity index (χ1) is 8.06. The Morgan fingerprint density at radius 2 is 2.12 bits per heavy atom. The number of urea groups is 1. The maximum absolute atomic E-state index is 12.2. The highest BCUT2D eigenvalue weighted by Gasteiger charge is 2.51. The van der Waals surface area contributed by atoms with Crippen LogP contribution in [-0.4, -0.2) is 52.6 Å². The molecular formula is C12H20N2O3. The summed E-state index contributed by atoms with van der Waals surface area (Å²) in [6, 6.07) is 0.0697. The molecule has 3 unspecified atom stereocenters. The molecule has 0 spiro atoms. The fourth-order valence-electron chi connectivity index (χ4n) is 3.18. The fraction of sp³-hybridized carbons (Fsp3) is 0.833. The van der Waals surface area contributed by atoms with Crippen molar-refractivity contribution in [1.29, 1.82) is 0 Å².